The molecule has 0 aromatic heterocycles. The molecule has 1 saturated carbocycles. The third-order valence-electron chi connectivity index (χ3n) is 14.8. The van der Waals surface area contributed by atoms with Crippen LogP contribution >= 0.6 is 0 Å². The van der Waals surface area contributed by atoms with Gasteiger partial charge in [-0.25, -0.2) is 0 Å². The third kappa shape index (κ3) is 9.04. The van der Waals surface area contributed by atoms with Crippen LogP contribution in [0.25, 0.3) is 11.1 Å². The van der Waals surface area contributed by atoms with E-state index in [0.29, 0.717) is 59.5 Å². The highest BCUT2D eigenvalue weighted by Crippen LogP contribution is 2.56. The fraction of sp³-hybridized carbons (Fsp3) is 0.585. The summed E-state index contributed by atoms with van der Waals surface area (Å²) in [6, 6.07) is 11.9. The molecule has 2 heterocycles. The van der Waals surface area contributed by atoms with Crippen molar-refractivity contribution in [2.24, 2.45) is 41.4 Å². The van der Waals surface area contributed by atoms with Gasteiger partial charge in [0.15, 0.2) is 11.5 Å². The fourth-order valence-corrected chi connectivity index (χ4v) is 11.5. The van der Waals surface area contributed by atoms with Crippen molar-refractivity contribution in [2.75, 3.05) is 20.3 Å². The Labute approximate surface area is 363 Å². The largest absolute Gasteiger partial charge is 0.508 e. The van der Waals surface area contributed by atoms with Crippen LogP contribution in [0.1, 0.15) is 132 Å². The second-order valence-electron chi connectivity index (χ2n) is 19.4. The van der Waals surface area contributed by atoms with Crippen LogP contribution in [0.15, 0.2) is 48.6 Å². The molecule has 0 amide bonds. The normalized spacial score (nSPS) is 28.0. The average Bonchev–Trinajstić information content (AvgIpc) is 3.34. The minimum atomic E-state index is -0.846. The lowest BCUT2D eigenvalue weighted by atomic mass is 9.63. The van der Waals surface area contributed by atoms with Gasteiger partial charge in [-0.1, -0.05) is 77.5 Å². The summed E-state index contributed by atoms with van der Waals surface area (Å²) < 4.78 is 25.9. The Morgan fingerprint density at radius 3 is 2.56 bits per heavy atom. The van der Waals surface area contributed by atoms with Gasteiger partial charge in [-0.05, 0) is 138 Å². The lowest BCUT2D eigenvalue weighted by molar-refractivity contribution is 0.0194. The molecule has 1 fully saturated rings. The number of benzene rings is 3. The first-order chi connectivity index (χ1) is 29.6. The Morgan fingerprint density at radius 1 is 0.934 bits per heavy atom. The minimum Gasteiger partial charge on any atom is -0.508 e. The lowest BCUT2D eigenvalue weighted by Gasteiger charge is -2.43. The molecule has 2 aliphatic heterocycles. The van der Waals surface area contributed by atoms with E-state index < -0.39 is 12.2 Å². The molecule has 0 saturated heterocycles. The van der Waals surface area contributed by atoms with E-state index in [0.717, 1.165) is 84.1 Å². The van der Waals surface area contributed by atoms with Gasteiger partial charge in [0.2, 0.25) is 0 Å². The van der Waals surface area contributed by atoms with Crippen molar-refractivity contribution in [3.05, 3.63) is 76.4 Å². The maximum atomic E-state index is 12.2. The zero-order valence-corrected chi connectivity index (χ0v) is 37.0. The summed E-state index contributed by atoms with van der Waals surface area (Å²) in [5, 5.41) is 43.8. The molecule has 0 spiro atoms. The van der Waals surface area contributed by atoms with E-state index in [-0.39, 0.29) is 43.0 Å². The number of hydrogen-bond acceptors (Lipinski definition) is 8. The first-order valence-electron chi connectivity index (χ1n) is 23.4. The second-order valence-corrected chi connectivity index (χ2v) is 19.4. The molecule has 3 aliphatic carbocycles. The van der Waals surface area contributed by atoms with E-state index >= 15 is 0 Å². The number of unbranched alkanes of at least 4 members (excludes halogenated alkanes) is 2. The number of aliphatic hydroxyl groups excluding tert-OH is 3. The Kier molecular flexibility index (Phi) is 13.6. The predicted molar refractivity (Wildman–Crippen MR) is 239 cm³/mol. The lowest BCUT2D eigenvalue weighted by Crippen LogP contribution is -2.35. The van der Waals surface area contributed by atoms with Gasteiger partial charge in [0.25, 0.3) is 0 Å². The highest BCUT2D eigenvalue weighted by atomic mass is 16.5. The first kappa shape index (κ1) is 43.5. The Morgan fingerprint density at radius 2 is 1.79 bits per heavy atom. The number of allylic oxidation sites excluding steroid dienone is 2. The van der Waals surface area contributed by atoms with Gasteiger partial charge in [0, 0.05) is 49.2 Å². The number of rotatable bonds is 13. The number of aromatic hydroxyl groups is 1. The molecule has 328 valence electrons. The molecular formula is C53H68O8. The monoisotopic (exact) mass is 832 g/mol. The molecule has 10 atom stereocenters. The van der Waals surface area contributed by atoms with Crippen molar-refractivity contribution in [1.82, 2.24) is 0 Å². The summed E-state index contributed by atoms with van der Waals surface area (Å²) in [6.07, 6.45) is 17.9. The van der Waals surface area contributed by atoms with E-state index in [2.05, 4.69) is 57.9 Å². The highest BCUT2D eigenvalue weighted by molar-refractivity contribution is 5.83. The highest BCUT2D eigenvalue weighted by Gasteiger charge is 2.43. The molecular weight excluding hydrogens is 765 g/mol. The number of methoxy groups -OCH3 is 1. The zero-order chi connectivity index (χ0) is 42.8. The number of hydrogen-bond donors (Lipinski definition) is 4. The van der Waals surface area contributed by atoms with Gasteiger partial charge >= 0.3 is 0 Å². The van der Waals surface area contributed by atoms with Gasteiger partial charge in [-0.15, -0.1) is 0 Å². The summed E-state index contributed by atoms with van der Waals surface area (Å²) in [5.41, 5.74) is 7.15. The fourth-order valence-electron chi connectivity index (χ4n) is 11.5. The van der Waals surface area contributed by atoms with Crippen molar-refractivity contribution >= 4 is 0 Å². The second kappa shape index (κ2) is 19.1. The van der Waals surface area contributed by atoms with Crippen LogP contribution in [0.4, 0.5) is 0 Å². The summed E-state index contributed by atoms with van der Waals surface area (Å²) in [4.78, 5) is 0. The molecule has 61 heavy (non-hydrogen) atoms. The van der Waals surface area contributed by atoms with Crippen molar-refractivity contribution < 1.29 is 39.4 Å². The first-order valence-corrected chi connectivity index (χ1v) is 23.4. The van der Waals surface area contributed by atoms with Crippen molar-refractivity contribution in [3.63, 3.8) is 0 Å². The smallest absolute Gasteiger partial charge is 0.182 e. The van der Waals surface area contributed by atoms with E-state index in [1.807, 2.05) is 30.3 Å². The number of phenols is 1. The van der Waals surface area contributed by atoms with Crippen LogP contribution in [0, 0.1) is 53.5 Å². The molecule has 8 rings (SSSR count). The molecule has 8 heteroatoms. The molecule has 0 radical (unpaired) electrons. The van der Waals surface area contributed by atoms with E-state index in [1.165, 1.54) is 31.2 Å². The van der Waals surface area contributed by atoms with Gasteiger partial charge in [0.1, 0.15) is 35.6 Å². The zero-order valence-electron chi connectivity index (χ0n) is 37.0. The third-order valence-corrected chi connectivity index (χ3v) is 14.8. The topological polar surface area (TPSA) is 118 Å². The summed E-state index contributed by atoms with van der Waals surface area (Å²) in [7, 11) is 1.72. The van der Waals surface area contributed by atoms with Crippen LogP contribution in [-0.2, 0) is 19.3 Å². The summed E-state index contributed by atoms with van der Waals surface area (Å²) in [5.74, 6) is 8.45. The van der Waals surface area contributed by atoms with E-state index in [4.69, 9.17) is 18.9 Å². The van der Waals surface area contributed by atoms with Crippen LogP contribution in [0.5, 0.6) is 28.7 Å². The Hall–Kier alpha value is -4.16. The number of aliphatic hydroxyl groups is 3. The molecule has 4 N–H and O–H groups in total. The standard InChI is InChI=1S/C53H68O8/c1-6-7-8-10-32(4)40-23-36(15-14-34(40)18-19-54)41-24-38-26-44(56)39(21-31(2)3)25-42(38)52-50(58-5)29-48-43(51(41)52)28-45(57)53(61-48)37-16-17-46-49(27-37)60-47-22-33(30-55)12-13-35(47)11-9-20-59-46/h14-17,25-27,29,31-36,40-41,45,47,53-57H,6-8,10-13,18-19,21-24,28,30H2,1-5H3/t32-,33-,34-,35-,36+,40-,41+,45+,47+,53-/m0/s1. The quantitative estimate of drug-likeness (QED) is 0.0764. The average molecular weight is 833 g/mol. The van der Waals surface area contributed by atoms with Crippen LogP contribution < -0.4 is 18.9 Å². The van der Waals surface area contributed by atoms with Crippen LogP contribution in [-0.4, -0.2) is 53.0 Å². The molecule has 3 aromatic rings. The molecule has 3 aromatic carbocycles. The van der Waals surface area contributed by atoms with Crippen LogP contribution in [0.2, 0.25) is 0 Å². The van der Waals surface area contributed by atoms with Crippen molar-refractivity contribution in [3.8, 4) is 51.9 Å². The van der Waals surface area contributed by atoms with Crippen molar-refractivity contribution in [2.45, 2.75) is 135 Å². The predicted octanol–water partition coefficient (Wildman–Crippen LogP) is 10.2. The van der Waals surface area contributed by atoms with Gasteiger partial charge in [-0.3, -0.25) is 0 Å². The molecule has 0 bridgehead atoms. The Bertz CT molecular complexity index is 2110. The minimum absolute atomic E-state index is 0.0592. The summed E-state index contributed by atoms with van der Waals surface area (Å²) in [6.45, 7) is 9.33. The molecule has 8 nitrogen and oxygen atoms in total. The summed E-state index contributed by atoms with van der Waals surface area (Å²) >= 11 is 0. The number of fused-ring (bicyclic) bond motifs is 7. The SMILES string of the molecule is CCCCC[C@H](C)[C@@H]1C[C@H]([C@H]2Cc3cc(O)c(CC(C)C)cc3-c3c(OC)cc4c(c32)C[C@@H](O)[C@H](c2ccc3c(c2)O[C@@H]2C[C@@H](CO)CC[C@@H]2CC#CO3)O4)C=C[C@H]1CCO. The van der Waals surface area contributed by atoms with Crippen molar-refractivity contribution in [1.29, 1.82) is 0 Å². The van der Waals surface area contributed by atoms with E-state index in [9.17, 15) is 20.4 Å². The molecule has 0 unspecified atom stereocenters. The van der Waals surface area contributed by atoms with Gasteiger partial charge < -0.3 is 39.4 Å². The van der Waals surface area contributed by atoms with Crippen LogP contribution in [0.3, 0.4) is 0 Å². The maximum absolute atomic E-state index is 12.2. The number of ether oxygens (including phenoxy) is 4. The van der Waals surface area contributed by atoms with Gasteiger partial charge in [-0.2, -0.15) is 0 Å². The Balaban J connectivity index is 1.19. The molecule has 5 aliphatic rings. The van der Waals surface area contributed by atoms with Gasteiger partial charge in [0.05, 0.1) is 13.2 Å². The maximum Gasteiger partial charge on any atom is 0.182 e. The number of phenolic OH excluding ortho intramolecular Hbond substituents is 1. The van der Waals surface area contributed by atoms with E-state index in [1.54, 1.807) is 7.11 Å².